The highest BCUT2D eigenvalue weighted by molar-refractivity contribution is 7.89. The summed E-state index contributed by atoms with van der Waals surface area (Å²) in [6.07, 6.45) is 2.11. The molecule has 2 amide bonds. The molecule has 0 bridgehead atoms. The molecule has 0 unspecified atom stereocenters. The summed E-state index contributed by atoms with van der Waals surface area (Å²) in [6.45, 7) is 3.48. The van der Waals surface area contributed by atoms with Crippen LogP contribution in [0.3, 0.4) is 0 Å². The van der Waals surface area contributed by atoms with E-state index in [1.807, 2.05) is 4.90 Å². The number of piperazine rings is 1. The van der Waals surface area contributed by atoms with E-state index >= 15 is 0 Å². The van der Waals surface area contributed by atoms with Crippen LogP contribution in [0.4, 0.5) is 5.69 Å². The van der Waals surface area contributed by atoms with Gasteiger partial charge in [0.15, 0.2) is 0 Å². The Morgan fingerprint density at radius 1 is 1.08 bits per heavy atom. The Balaban J connectivity index is 1.55. The van der Waals surface area contributed by atoms with E-state index in [0.717, 1.165) is 12.8 Å². The van der Waals surface area contributed by atoms with E-state index in [1.54, 1.807) is 12.1 Å². The van der Waals surface area contributed by atoms with Crippen LogP contribution in [0.2, 0.25) is 0 Å². The highest BCUT2D eigenvalue weighted by Crippen LogP contribution is 2.20. The van der Waals surface area contributed by atoms with Crippen LogP contribution >= 0.6 is 0 Å². The molecule has 9 heteroatoms. The maximum atomic E-state index is 12.7. The van der Waals surface area contributed by atoms with Crippen LogP contribution < -0.4 is 10.6 Å². The van der Waals surface area contributed by atoms with Crippen molar-refractivity contribution >= 4 is 27.5 Å². The molecule has 1 aromatic carbocycles. The Morgan fingerprint density at radius 2 is 1.69 bits per heavy atom. The van der Waals surface area contributed by atoms with Crippen LogP contribution in [0.1, 0.15) is 19.8 Å². The van der Waals surface area contributed by atoms with Crippen LogP contribution in [0.25, 0.3) is 0 Å². The fraction of sp³-hybridized carbons (Fsp3) is 0.529. The molecule has 2 aliphatic rings. The van der Waals surface area contributed by atoms with Gasteiger partial charge >= 0.3 is 0 Å². The van der Waals surface area contributed by atoms with Crippen molar-refractivity contribution in [3.63, 3.8) is 0 Å². The monoisotopic (exact) mass is 380 g/mol. The zero-order chi connectivity index (χ0) is 18.7. The first kappa shape index (κ1) is 18.8. The summed E-state index contributed by atoms with van der Waals surface area (Å²) in [5.41, 5.74) is 0.558. The van der Waals surface area contributed by atoms with Gasteiger partial charge in [-0.2, -0.15) is 4.31 Å². The number of carbonyl (C=O) groups excluding carboxylic acids is 2. The predicted molar refractivity (Wildman–Crippen MR) is 97.1 cm³/mol. The Kier molecular flexibility index (Phi) is 5.59. The van der Waals surface area contributed by atoms with Gasteiger partial charge in [0, 0.05) is 44.8 Å². The normalized spacial score (nSPS) is 19.1. The summed E-state index contributed by atoms with van der Waals surface area (Å²) in [5, 5.41) is 5.56. The number of nitrogens with one attached hydrogen (secondary N) is 2. The lowest BCUT2D eigenvalue weighted by atomic mass is 10.3. The van der Waals surface area contributed by atoms with Crippen molar-refractivity contribution in [2.75, 3.05) is 38.0 Å². The van der Waals surface area contributed by atoms with E-state index in [-0.39, 0.29) is 16.7 Å². The minimum absolute atomic E-state index is 0.0115. The van der Waals surface area contributed by atoms with Gasteiger partial charge in [-0.1, -0.05) is 0 Å². The van der Waals surface area contributed by atoms with E-state index in [0.29, 0.717) is 44.5 Å². The maximum Gasteiger partial charge on any atom is 0.243 e. The van der Waals surface area contributed by atoms with Gasteiger partial charge in [-0.05, 0) is 37.1 Å². The van der Waals surface area contributed by atoms with Crippen LogP contribution in [-0.4, -0.2) is 68.2 Å². The summed E-state index contributed by atoms with van der Waals surface area (Å²) in [4.78, 5) is 25.1. The van der Waals surface area contributed by atoms with Crippen molar-refractivity contribution in [3.8, 4) is 0 Å². The van der Waals surface area contributed by atoms with Gasteiger partial charge < -0.3 is 10.6 Å². The van der Waals surface area contributed by atoms with Crippen LogP contribution in [-0.2, 0) is 19.6 Å². The molecule has 2 N–H and O–H groups in total. The van der Waals surface area contributed by atoms with Gasteiger partial charge in [0.05, 0.1) is 11.4 Å². The van der Waals surface area contributed by atoms with Crippen molar-refractivity contribution in [2.24, 2.45) is 0 Å². The second-order valence-electron chi connectivity index (χ2n) is 6.73. The van der Waals surface area contributed by atoms with E-state index < -0.39 is 10.0 Å². The molecule has 1 aliphatic carbocycles. The smallest absolute Gasteiger partial charge is 0.243 e. The minimum Gasteiger partial charge on any atom is -0.352 e. The highest BCUT2D eigenvalue weighted by atomic mass is 32.2. The summed E-state index contributed by atoms with van der Waals surface area (Å²) in [6, 6.07) is 6.48. The summed E-state index contributed by atoms with van der Waals surface area (Å²) < 4.78 is 26.9. The largest absolute Gasteiger partial charge is 0.352 e. The van der Waals surface area contributed by atoms with Crippen molar-refractivity contribution in [1.82, 2.24) is 14.5 Å². The third kappa shape index (κ3) is 4.80. The molecule has 0 radical (unpaired) electrons. The number of benzene rings is 1. The number of rotatable bonds is 6. The molecule has 8 nitrogen and oxygen atoms in total. The molecule has 2 fully saturated rings. The average molecular weight is 380 g/mol. The van der Waals surface area contributed by atoms with Crippen molar-refractivity contribution in [2.45, 2.75) is 30.7 Å². The minimum atomic E-state index is -3.57. The fourth-order valence-corrected chi connectivity index (χ4v) is 4.32. The molecule has 1 heterocycles. The summed E-state index contributed by atoms with van der Waals surface area (Å²) in [7, 11) is -3.57. The maximum absolute atomic E-state index is 12.7. The number of hydrogen-bond acceptors (Lipinski definition) is 5. The van der Waals surface area contributed by atoms with Gasteiger partial charge in [-0.15, -0.1) is 0 Å². The zero-order valence-electron chi connectivity index (χ0n) is 14.8. The van der Waals surface area contributed by atoms with Crippen LogP contribution in [0.15, 0.2) is 29.2 Å². The number of nitrogens with zero attached hydrogens (tertiary/aromatic N) is 2. The van der Waals surface area contributed by atoms with Crippen LogP contribution in [0.5, 0.6) is 0 Å². The molecule has 26 heavy (non-hydrogen) atoms. The van der Waals surface area contributed by atoms with E-state index in [1.165, 1.54) is 23.4 Å². The van der Waals surface area contributed by atoms with Gasteiger partial charge in [-0.3, -0.25) is 14.5 Å². The van der Waals surface area contributed by atoms with E-state index in [4.69, 9.17) is 0 Å². The third-order valence-corrected chi connectivity index (χ3v) is 6.37. The van der Waals surface area contributed by atoms with E-state index in [2.05, 4.69) is 10.6 Å². The first-order chi connectivity index (χ1) is 12.3. The molecule has 1 aromatic rings. The lowest BCUT2D eigenvalue weighted by Gasteiger charge is -2.33. The van der Waals surface area contributed by atoms with Gasteiger partial charge in [0.25, 0.3) is 0 Å². The first-order valence-electron chi connectivity index (χ1n) is 8.74. The first-order valence-corrected chi connectivity index (χ1v) is 10.2. The Bertz CT molecular complexity index is 766. The highest BCUT2D eigenvalue weighted by Gasteiger charge is 2.30. The second-order valence-corrected chi connectivity index (χ2v) is 8.67. The quantitative estimate of drug-likeness (QED) is 0.736. The molecule has 1 aliphatic heterocycles. The molecule has 0 atom stereocenters. The standard InChI is InChI=1S/C17H24N4O4S/c1-13(22)18-14-4-6-16(7-5-14)26(24,25)21-10-8-20(9-11-21)12-17(23)19-15-2-3-15/h4-7,15H,2-3,8-12H2,1H3,(H,18,22)(H,19,23). The van der Waals surface area contributed by atoms with Gasteiger partial charge in [-0.25, -0.2) is 8.42 Å². The number of amides is 2. The summed E-state index contributed by atoms with van der Waals surface area (Å²) >= 11 is 0. The van der Waals surface area contributed by atoms with E-state index in [9.17, 15) is 18.0 Å². The van der Waals surface area contributed by atoms with Crippen molar-refractivity contribution in [3.05, 3.63) is 24.3 Å². The number of hydrogen-bond donors (Lipinski definition) is 2. The second kappa shape index (κ2) is 7.73. The molecule has 142 valence electrons. The predicted octanol–water partition coefficient (Wildman–Crippen LogP) is 0.230. The SMILES string of the molecule is CC(=O)Nc1ccc(S(=O)(=O)N2CCN(CC(=O)NC3CC3)CC2)cc1. The van der Waals surface area contributed by atoms with Crippen LogP contribution in [0, 0.1) is 0 Å². The lowest BCUT2D eigenvalue weighted by Crippen LogP contribution is -2.51. The topological polar surface area (TPSA) is 98.8 Å². The number of sulfonamides is 1. The molecule has 1 saturated carbocycles. The summed E-state index contributed by atoms with van der Waals surface area (Å²) in [5.74, 6) is -0.195. The Labute approximate surface area is 153 Å². The molecule has 3 rings (SSSR count). The van der Waals surface area contributed by atoms with Crippen molar-refractivity contribution < 1.29 is 18.0 Å². The molecule has 1 saturated heterocycles. The van der Waals surface area contributed by atoms with Crippen molar-refractivity contribution in [1.29, 1.82) is 0 Å². The lowest BCUT2D eigenvalue weighted by molar-refractivity contribution is -0.122. The molecular weight excluding hydrogens is 356 g/mol. The zero-order valence-corrected chi connectivity index (χ0v) is 15.6. The Morgan fingerprint density at radius 3 is 2.23 bits per heavy atom. The fourth-order valence-electron chi connectivity index (χ4n) is 2.89. The molecule has 0 aromatic heterocycles. The van der Waals surface area contributed by atoms with Gasteiger partial charge in [0.1, 0.15) is 0 Å². The molecular formula is C17H24N4O4S. The molecule has 0 spiro atoms. The average Bonchev–Trinajstić information content (AvgIpc) is 3.39. The number of anilines is 1. The van der Waals surface area contributed by atoms with Gasteiger partial charge in [0.2, 0.25) is 21.8 Å². The third-order valence-electron chi connectivity index (χ3n) is 4.45. The Hall–Kier alpha value is -1.97. The number of carbonyl (C=O) groups is 2.